The fourth-order valence-corrected chi connectivity index (χ4v) is 4.44. The maximum atomic E-state index is 13.2. The van der Waals surface area contributed by atoms with Crippen LogP contribution >= 0.6 is 12.4 Å². The predicted molar refractivity (Wildman–Crippen MR) is 101 cm³/mol. The van der Waals surface area contributed by atoms with Crippen molar-refractivity contribution in [3.8, 4) is 0 Å². The fraction of sp³-hybridized carbons (Fsp3) is 0.650. The van der Waals surface area contributed by atoms with Gasteiger partial charge in [0, 0.05) is 13.0 Å². The van der Waals surface area contributed by atoms with E-state index in [4.69, 9.17) is 5.73 Å². The van der Waals surface area contributed by atoms with E-state index in [-0.39, 0.29) is 35.6 Å². The van der Waals surface area contributed by atoms with Gasteiger partial charge in [0.1, 0.15) is 5.82 Å². The smallest absolute Gasteiger partial charge is 0.223 e. The van der Waals surface area contributed by atoms with Gasteiger partial charge in [-0.25, -0.2) is 4.39 Å². The molecule has 1 aromatic carbocycles. The Balaban J connectivity index is 0.00000225. The van der Waals surface area contributed by atoms with Crippen LogP contribution in [0.1, 0.15) is 69.4 Å². The molecule has 1 unspecified atom stereocenters. The summed E-state index contributed by atoms with van der Waals surface area (Å²) in [7, 11) is 0. The number of likely N-dealkylation sites (tertiary alicyclic amines) is 1. The molecule has 1 saturated heterocycles. The molecule has 3 nitrogen and oxygen atoms in total. The van der Waals surface area contributed by atoms with Crippen molar-refractivity contribution in [3.63, 3.8) is 0 Å². The van der Waals surface area contributed by atoms with Gasteiger partial charge in [0.05, 0.1) is 6.04 Å². The molecule has 2 N–H and O–H groups in total. The predicted octanol–water partition coefficient (Wildman–Crippen LogP) is 4.60. The van der Waals surface area contributed by atoms with E-state index in [2.05, 4.69) is 0 Å². The van der Waals surface area contributed by atoms with Crippen molar-refractivity contribution in [1.82, 2.24) is 4.90 Å². The SMILES string of the molecule is Cl.NCC1(CC(=O)N2CCCCC2c2ccc(F)cc2)CCCCC1. The molecule has 2 aliphatic rings. The molecule has 25 heavy (non-hydrogen) atoms. The molecule has 1 atom stereocenters. The summed E-state index contributed by atoms with van der Waals surface area (Å²) in [5, 5.41) is 0. The number of hydrogen-bond acceptors (Lipinski definition) is 2. The number of amides is 1. The first-order valence-electron chi connectivity index (χ1n) is 9.39. The van der Waals surface area contributed by atoms with Crippen LogP contribution in [0, 0.1) is 11.2 Å². The van der Waals surface area contributed by atoms with Gasteiger partial charge in [-0.1, -0.05) is 31.4 Å². The second-order valence-electron chi connectivity index (χ2n) is 7.59. The van der Waals surface area contributed by atoms with Crippen LogP contribution in [0.3, 0.4) is 0 Å². The average Bonchev–Trinajstić information content (AvgIpc) is 2.63. The number of halogens is 2. The van der Waals surface area contributed by atoms with Gasteiger partial charge in [0.15, 0.2) is 0 Å². The van der Waals surface area contributed by atoms with Crippen molar-refractivity contribution in [2.75, 3.05) is 13.1 Å². The minimum Gasteiger partial charge on any atom is -0.336 e. The molecule has 5 heteroatoms. The van der Waals surface area contributed by atoms with Gasteiger partial charge < -0.3 is 10.6 Å². The van der Waals surface area contributed by atoms with Gasteiger partial charge in [-0.15, -0.1) is 12.4 Å². The lowest BCUT2D eigenvalue weighted by Gasteiger charge is -2.41. The van der Waals surface area contributed by atoms with Gasteiger partial charge in [0.2, 0.25) is 5.91 Å². The van der Waals surface area contributed by atoms with Gasteiger partial charge in [-0.3, -0.25) is 4.79 Å². The summed E-state index contributed by atoms with van der Waals surface area (Å²) < 4.78 is 13.2. The van der Waals surface area contributed by atoms with E-state index in [1.807, 2.05) is 17.0 Å². The maximum absolute atomic E-state index is 13.2. The number of hydrogen-bond donors (Lipinski definition) is 1. The maximum Gasteiger partial charge on any atom is 0.223 e. The summed E-state index contributed by atoms with van der Waals surface area (Å²) in [6.45, 7) is 1.41. The average molecular weight is 369 g/mol. The highest BCUT2D eigenvalue weighted by Gasteiger charge is 2.36. The Morgan fingerprint density at radius 3 is 2.44 bits per heavy atom. The topological polar surface area (TPSA) is 46.3 Å². The summed E-state index contributed by atoms with van der Waals surface area (Å²) in [5.74, 6) is 0.00750. The molecule has 1 heterocycles. The van der Waals surface area contributed by atoms with E-state index in [0.29, 0.717) is 13.0 Å². The van der Waals surface area contributed by atoms with Crippen LogP contribution in [0.15, 0.2) is 24.3 Å². The lowest BCUT2D eigenvalue weighted by Crippen LogP contribution is -2.43. The Hall–Kier alpha value is -1.13. The van der Waals surface area contributed by atoms with Crippen LogP contribution in [0.4, 0.5) is 4.39 Å². The molecule has 0 radical (unpaired) electrons. The summed E-state index contributed by atoms with van der Waals surface area (Å²) >= 11 is 0. The summed E-state index contributed by atoms with van der Waals surface area (Å²) in [6.07, 6.45) is 9.49. The summed E-state index contributed by atoms with van der Waals surface area (Å²) in [4.78, 5) is 15.1. The van der Waals surface area contributed by atoms with Crippen molar-refractivity contribution >= 4 is 18.3 Å². The van der Waals surface area contributed by atoms with E-state index in [1.54, 1.807) is 0 Å². The molecule has 1 aliphatic carbocycles. The Bertz CT molecular complexity index is 557. The molecule has 1 amide bonds. The quantitative estimate of drug-likeness (QED) is 0.844. The number of piperidine rings is 1. The molecule has 1 aromatic rings. The molecule has 0 spiro atoms. The highest BCUT2D eigenvalue weighted by atomic mass is 35.5. The molecule has 3 rings (SSSR count). The van der Waals surface area contributed by atoms with E-state index in [1.165, 1.54) is 31.4 Å². The second kappa shape index (κ2) is 9.00. The third-order valence-electron chi connectivity index (χ3n) is 5.95. The lowest BCUT2D eigenvalue weighted by atomic mass is 9.71. The molecule has 1 saturated carbocycles. The van der Waals surface area contributed by atoms with Crippen LogP contribution in [0.25, 0.3) is 0 Å². The first-order chi connectivity index (χ1) is 11.6. The van der Waals surface area contributed by atoms with E-state index in [0.717, 1.165) is 44.2 Å². The van der Waals surface area contributed by atoms with Gasteiger partial charge in [-0.05, 0) is 61.8 Å². The number of carbonyl (C=O) groups excluding carboxylic acids is 1. The summed E-state index contributed by atoms with van der Waals surface area (Å²) in [5.41, 5.74) is 7.12. The zero-order chi connectivity index (χ0) is 17.0. The highest BCUT2D eigenvalue weighted by Crippen LogP contribution is 2.40. The van der Waals surface area contributed by atoms with E-state index < -0.39 is 0 Å². The second-order valence-corrected chi connectivity index (χ2v) is 7.59. The molecular weight excluding hydrogens is 339 g/mol. The van der Waals surface area contributed by atoms with Crippen molar-refractivity contribution in [2.45, 2.75) is 63.8 Å². The zero-order valence-corrected chi connectivity index (χ0v) is 15.7. The van der Waals surface area contributed by atoms with Crippen LogP contribution in [-0.4, -0.2) is 23.9 Å². The van der Waals surface area contributed by atoms with Gasteiger partial charge in [0.25, 0.3) is 0 Å². The molecule has 0 bridgehead atoms. The first-order valence-corrected chi connectivity index (χ1v) is 9.39. The van der Waals surface area contributed by atoms with Crippen LogP contribution in [-0.2, 0) is 4.79 Å². The van der Waals surface area contributed by atoms with Gasteiger partial charge in [-0.2, -0.15) is 0 Å². The fourth-order valence-electron chi connectivity index (χ4n) is 4.44. The lowest BCUT2D eigenvalue weighted by molar-refractivity contribution is -0.138. The molecular formula is C20H30ClFN2O. The largest absolute Gasteiger partial charge is 0.336 e. The Kier molecular flexibility index (Phi) is 7.26. The van der Waals surface area contributed by atoms with E-state index in [9.17, 15) is 9.18 Å². The Labute approximate surface area is 156 Å². The van der Waals surface area contributed by atoms with Crippen molar-refractivity contribution in [1.29, 1.82) is 0 Å². The minimum absolute atomic E-state index is 0. The zero-order valence-electron chi connectivity index (χ0n) is 14.9. The molecule has 140 valence electrons. The highest BCUT2D eigenvalue weighted by molar-refractivity contribution is 5.85. The number of nitrogens with two attached hydrogens (primary N) is 1. The molecule has 1 aliphatic heterocycles. The standard InChI is InChI=1S/C20H29FN2O.ClH/c21-17-9-7-16(8-10-17)18-6-2-5-13-23(18)19(24)14-20(15-22)11-3-1-4-12-20;/h7-10,18H,1-6,11-15,22H2;1H. The van der Waals surface area contributed by atoms with Crippen LogP contribution < -0.4 is 5.73 Å². The number of nitrogens with zero attached hydrogens (tertiary/aromatic N) is 1. The van der Waals surface area contributed by atoms with Gasteiger partial charge >= 0.3 is 0 Å². The van der Waals surface area contributed by atoms with Crippen molar-refractivity contribution in [3.05, 3.63) is 35.6 Å². The summed E-state index contributed by atoms with van der Waals surface area (Å²) in [6, 6.07) is 6.73. The molecule has 2 fully saturated rings. The third kappa shape index (κ3) is 4.73. The van der Waals surface area contributed by atoms with Crippen LogP contribution in [0.5, 0.6) is 0 Å². The Morgan fingerprint density at radius 1 is 1.12 bits per heavy atom. The minimum atomic E-state index is -0.225. The normalized spacial score (nSPS) is 23.0. The van der Waals surface area contributed by atoms with Crippen molar-refractivity contribution in [2.24, 2.45) is 11.1 Å². The third-order valence-corrected chi connectivity index (χ3v) is 5.95. The monoisotopic (exact) mass is 368 g/mol. The van der Waals surface area contributed by atoms with Crippen molar-refractivity contribution < 1.29 is 9.18 Å². The van der Waals surface area contributed by atoms with E-state index >= 15 is 0 Å². The first kappa shape index (κ1) is 20.2. The Morgan fingerprint density at radius 2 is 1.80 bits per heavy atom. The number of carbonyl (C=O) groups is 1. The number of benzene rings is 1. The van der Waals surface area contributed by atoms with Crippen LogP contribution in [0.2, 0.25) is 0 Å². The number of rotatable bonds is 4. The molecule has 0 aromatic heterocycles.